The standard InChI is InChI=1S/C44H31N3O/c1-2-3-4-5-6-12-30-19-21-32(22-20-30)33-23-26-34(27-24-33)42-45-43(36-28-25-31-13-7-8-14-35(31)29-36)47-44(46-42)38-16-11-18-40-41(38)37-15-9-10-17-39(37)48-40/h2-11,13-29H,1,12H2/b4-3-,6-5-. The van der Waals surface area contributed by atoms with Gasteiger partial charge >= 0.3 is 0 Å². The molecular formula is C44H31N3O. The molecule has 0 N–H and O–H groups in total. The van der Waals surface area contributed by atoms with Crippen LogP contribution < -0.4 is 0 Å². The predicted molar refractivity (Wildman–Crippen MR) is 199 cm³/mol. The Morgan fingerprint density at radius 3 is 1.98 bits per heavy atom. The van der Waals surface area contributed by atoms with E-state index in [0.29, 0.717) is 17.5 Å². The zero-order valence-electron chi connectivity index (χ0n) is 26.3. The minimum absolute atomic E-state index is 0.606. The van der Waals surface area contributed by atoms with E-state index in [1.807, 2.05) is 48.6 Å². The van der Waals surface area contributed by atoms with Gasteiger partial charge in [0.1, 0.15) is 11.2 Å². The summed E-state index contributed by atoms with van der Waals surface area (Å²) in [6, 6.07) is 46.0. The van der Waals surface area contributed by atoms with Crippen molar-refractivity contribution in [3.8, 4) is 45.3 Å². The maximum atomic E-state index is 6.21. The highest BCUT2D eigenvalue weighted by atomic mass is 16.3. The van der Waals surface area contributed by atoms with Gasteiger partial charge in [-0.25, -0.2) is 15.0 Å². The molecule has 6 aromatic carbocycles. The zero-order chi connectivity index (χ0) is 32.3. The molecule has 0 aliphatic rings. The van der Waals surface area contributed by atoms with Crippen LogP contribution in [0.3, 0.4) is 0 Å². The quantitative estimate of drug-likeness (QED) is 0.159. The Hall–Kier alpha value is -6.39. The molecule has 0 unspecified atom stereocenters. The lowest BCUT2D eigenvalue weighted by atomic mass is 10.0. The second-order valence-electron chi connectivity index (χ2n) is 11.7. The molecule has 0 spiro atoms. The van der Waals surface area contributed by atoms with Crippen molar-refractivity contribution in [2.45, 2.75) is 6.42 Å². The Kier molecular flexibility index (Phi) is 7.73. The number of para-hydroxylation sites is 1. The number of furan rings is 1. The number of rotatable bonds is 8. The number of hydrogen-bond acceptors (Lipinski definition) is 4. The molecule has 0 aliphatic heterocycles. The fraction of sp³-hybridized carbons (Fsp3) is 0.0227. The second-order valence-corrected chi connectivity index (χ2v) is 11.7. The number of nitrogens with zero attached hydrogens (tertiary/aromatic N) is 3. The molecule has 0 amide bonds. The van der Waals surface area contributed by atoms with Crippen molar-refractivity contribution < 1.29 is 4.42 Å². The summed E-state index contributed by atoms with van der Waals surface area (Å²) in [5.74, 6) is 1.85. The first-order valence-corrected chi connectivity index (χ1v) is 16.0. The van der Waals surface area contributed by atoms with E-state index in [2.05, 4.69) is 116 Å². The van der Waals surface area contributed by atoms with Gasteiger partial charge in [-0.2, -0.15) is 0 Å². The van der Waals surface area contributed by atoms with E-state index in [1.54, 1.807) is 6.08 Å². The van der Waals surface area contributed by atoms with Gasteiger partial charge in [-0.1, -0.05) is 152 Å². The Bertz CT molecular complexity index is 2490. The first kappa shape index (κ1) is 29.0. The highest BCUT2D eigenvalue weighted by Crippen LogP contribution is 2.37. The number of fused-ring (bicyclic) bond motifs is 4. The van der Waals surface area contributed by atoms with Crippen LogP contribution in [-0.2, 0) is 6.42 Å². The molecule has 0 atom stereocenters. The van der Waals surface area contributed by atoms with Gasteiger partial charge in [0.2, 0.25) is 0 Å². The molecule has 8 aromatic rings. The topological polar surface area (TPSA) is 51.8 Å². The molecule has 0 saturated heterocycles. The Balaban J connectivity index is 1.20. The minimum Gasteiger partial charge on any atom is -0.456 e. The largest absolute Gasteiger partial charge is 0.456 e. The predicted octanol–water partition coefficient (Wildman–Crippen LogP) is 11.4. The summed E-state index contributed by atoms with van der Waals surface area (Å²) < 4.78 is 6.21. The summed E-state index contributed by atoms with van der Waals surface area (Å²) in [5, 5.41) is 4.34. The van der Waals surface area contributed by atoms with Crippen molar-refractivity contribution in [3.63, 3.8) is 0 Å². The van der Waals surface area contributed by atoms with Crippen LogP contribution in [-0.4, -0.2) is 15.0 Å². The van der Waals surface area contributed by atoms with E-state index in [-0.39, 0.29) is 0 Å². The van der Waals surface area contributed by atoms with Crippen LogP contribution in [0.15, 0.2) is 175 Å². The van der Waals surface area contributed by atoms with E-state index in [4.69, 9.17) is 19.4 Å². The van der Waals surface area contributed by atoms with E-state index in [0.717, 1.165) is 61.6 Å². The van der Waals surface area contributed by atoms with Crippen LogP contribution in [0, 0.1) is 0 Å². The number of aromatic nitrogens is 3. The van der Waals surface area contributed by atoms with Crippen molar-refractivity contribution in [3.05, 3.63) is 176 Å². The van der Waals surface area contributed by atoms with E-state index in [1.165, 1.54) is 10.9 Å². The molecule has 0 radical (unpaired) electrons. The summed E-state index contributed by atoms with van der Waals surface area (Å²) >= 11 is 0. The lowest BCUT2D eigenvalue weighted by molar-refractivity contribution is 0.669. The van der Waals surface area contributed by atoms with Gasteiger partial charge in [0.05, 0.1) is 0 Å². The maximum absolute atomic E-state index is 6.21. The number of allylic oxidation sites excluding steroid dienone is 5. The highest BCUT2D eigenvalue weighted by molar-refractivity contribution is 6.11. The summed E-state index contributed by atoms with van der Waals surface area (Å²) in [6.07, 6.45) is 10.8. The minimum atomic E-state index is 0.606. The Morgan fingerprint density at radius 2 is 1.17 bits per heavy atom. The molecule has 228 valence electrons. The van der Waals surface area contributed by atoms with Crippen molar-refractivity contribution in [2.75, 3.05) is 0 Å². The molecule has 4 nitrogen and oxygen atoms in total. The monoisotopic (exact) mass is 617 g/mol. The van der Waals surface area contributed by atoms with E-state index >= 15 is 0 Å². The molecule has 0 saturated carbocycles. The molecule has 0 fully saturated rings. The van der Waals surface area contributed by atoms with Gasteiger partial charge in [-0.05, 0) is 52.1 Å². The molecule has 0 aliphatic carbocycles. The van der Waals surface area contributed by atoms with E-state index < -0.39 is 0 Å². The molecule has 2 aromatic heterocycles. The number of hydrogen-bond donors (Lipinski definition) is 0. The number of benzene rings is 6. The van der Waals surface area contributed by atoms with E-state index in [9.17, 15) is 0 Å². The average molecular weight is 618 g/mol. The van der Waals surface area contributed by atoms with Crippen LogP contribution in [0.25, 0.3) is 78.0 Å². The second kappa shape index (κ2) is 12.8. The van der Waals surface area contributed by atoms with Gasteiger partial charge in [-0.3, -0.25) is 0 Å². The van der Waals surface area contributed by atoms with Crippen LogP contribution in [0.1, 0.15) is 5.56 Å². The van der Waals surface area contributed by atoms with Crippen molar-refractivity contribution in [2.24, 2.45) is 0 Å². The first-order chi connectivity index (χ1) is 23.7. The smallest absolute Gasteiger partial charge is 0.164 e. The lowest BCUT2D eigenvalue weighted by Gasteiger charge is -2.10. The maximum Gasteiger partial charge on any atom is 0.164 e. The van der Waals surface area contributed by atoms with Gasteiger partial charge in [0, 0.05) is 27.5 Å². The third-order valence-electron chi connectivity index (χ3n) is 8.56. The van der Waals surface area contributed by atoms with Crippen molar-refractivity contribution >= 4 is 32.7 Å². The van der Waals surface area contributed by atoms with Gasteiger partial charge in [0.15, 0.2) is 17.5 Å². The third-order valence-corrected chi connectivity index (χ3v) is 8.56. The average Bonchev–Trinajstić information content (AvgIpc) is 3.54. The summed E-state index contributed by atoms with van der Waals surface area (Å²) in [5.41, 5.74) is 7.96. The molecule has 4 heteroatoms. The fourth-order valence-electron chi connectivity index (χ4n) is 6.11. The Morgan fingerprint density at radius 1 is 0.521 bits per heavy atom. The molecule has 48 heavy (non-hydrogen) atoms. The van der Waals surface area contributed by atoms with Crippen LogP contribution >= 0.6 is 0 Å². The summed E-state index contributed by atoms with van der Waals surface area (Å²) in [7, 11) is 0. The fourth-order valence-corrected chi connectivity index (χ4v) is 6.11. The molecular weight excluding hydrogens is 587 g/mol. The molecule has 8 rings (SSSR count). The van der Waals surface area contributed by atoms with Crippen molar-refractivity contribution in [1.82, 2.24) is 15.0 Å². The van der Waals surface area contributed by atoms with Gasteiger partial charge in [0.25, 0.3) is 0 Å². The van der Waals surface area contributed by atoms with Gasteiger partial charge in [-0.15, -0.1) is 0 Å². The first-order valence-electron chi connectivity index (χ1n) is 16.0. The van der Waals surface area contributed by atoms with Crippen LogP contribution in [0.4, 0.5) is 0 Å². The molecule has 2 heterocycles. The van der Waals surface area contributed by atoms with Crippen molar-refractivity contribution in [1.29, 1.82) is 0 Å². The molecule has 0 bridgehead atoms. The highest BCUT2D eigenvalue weighted by Gasteiger charge is 2.18. The zero-order valence-corrected chi connectivity index (χ0v) is 26.3. The summed E-state index contributed by atoms with van der Waals surface area (Å²) in [4.78, 5) is 15.2. The van der Waals surface area contributed by atoms with Crippen LogP contribution in [0.2, 0.25) is 0 Å². The Labute approximate surface area is 279 Å². The normalized spacial score (nSPS) is 11.8. The third kappa shape index (κ3) is 5.72. The SMILES string of the molecule is C=C/C=C\C=C/Cc1ccc(-c2ccc(-c3nc(-c4ccc5ccccc5c4)nc(-c4cccc5oc6ccccc6c45)n3)cc2)cc1. The van der Waals surface area contributed by atoms with Gasteiger partial charge < -0.3 is 4.42 Å². The van der Waals surface area contributed by atoms with Crippen LogP contribution in [0.5, 0.6) is 0 Å². The summed E-state index contributed by atoms with van der Waals surface area (Å²) in [6.45, 7) is 3.70. The lowest BCUT2D eigenvalue weighted by Crippen LogP contribution is -2.00.